The van der Waals surface area contributed by atoms with E-state index in [9.17, 15) is 24.9 Å². The molecular formula is C14H26N2O8. The highest BCUT2D eigenvalue weighted by Crippen LogP contribution is 2.25. The van der Waals surface area contributed by atoms with Crippen LogP contribution in [0.2, 0.25) is 0 Å². The Morgan fingerprint density at radius 2 is 1.83 bits per heavy atom. The Balaban J connectivity index is 2.95. The second kappa shape index (κ2) is 8.19. The molecule has 0 aliphatic carbocycles. The molecule has 0 radical (unpaired) electrons. The highest BCUT2D eigenvalue weighted by Gasteiger charge is 2.48. The summed E-state index contributed by atoms with van der Waals surface area (Å²) in [4.78, 5) is 23.5. The quantitative estimate of drug-likeness (QED) is 0.293. The van der Waals surface area contributed by atoms with Crippen LogP contribution >= 0.6 is 0 Å². The number of ether oxygens (including phenoxy) is 2. The Kier molecular flexibility index (Phi) is 7.08. The van der Waals surface area contributed by atoms with E-state index >= 15 is 0 Å². The summed E-state index contributed by atoms with van der Waals surface area (Å²) in [5.74, 6) is -1.000. The number of amides is 2. The standard InChI is InChI=1S/C14H26N2O8/c1-6(14(3,13(22)15-4)16-7(2)18)23-12-11(21)10(20)9(19)8(5-17)24-12/h6,8-12,17,19-21H,5H2,1-4H3,(H,15,22)(H,16,18)/t6-,8-,9-,10+,11-,12-,14-/m1/s1. The maximum Gasteiger partial charge on any atom is 0.247 e. The van der Waals surface area contributed by atoms with Crippen molar-refractivity contribution in [1.29, 1.82) is 0 Å². The fourth-order valence-electron chi connectivity index (χ4n) is 2.49. The van der Waals surface area contributed by atoms with Gasteiger partial charge in [0.2, 0.25) is 11.8 Å². The average molecular weight is 350 g/mol. The van der Waals surface area contributed by atoms with Gasteiger partial charge in [0.05, 0.1) is 12.7 Å². The molecule has 0 aromatic rings. The van der Waals surface area contributed by atoms with Gasteiger partial charge in [0.25, 0.3) is 0 Å². The van der Waals surface area contributed by atoms with Gasteiger partial charge in [0, 0.05) is 14.0 Å². The fraction of sp³-hybridized carbons (Fsp3) is 0.857. The van der Waals surface area contributed by atoms with E-state index < -0.39 is 60.8 Å². The lowest BCUT2D eigenvalue weighted by Gasteiger charge is -2.43. The number of rotatable bonds is 6. The van der Waals surface area contributed by atoms with Gasteiger partial charge < -0.3 is 40.5 Å². The Morgan fingerprint density at radius 3 is 2.29 bits per heavy atom. The van der Waals surface area contributed by atoms with Crippen molar-refractivity contribution in [2.24, 2.45) is 0 Å². The zero-order valence-electron chi connectivity index (χ0n) is 14.1. The van der Waals surface area contributed by atoms with Crippen molar-refractivity contribution in [2.45, 2.75) is 63.1 Å². The number of carbonyl (C=O) groups excluding carboxylic acids is 2. The van der Waals surface area contributed by atoms with Crippen LogP contribution in [0.25, 0.3) is 0 Å². The molecule has 1 fully saturated rings. The van der Waals surface area contributed by atoms with Gasteiger partial charge in [0.1, 0.15) is 30.0 Å². The molecule has 0 bridgehead atoms. The van der Waals surface area contributed by atoms with Crippen molar-refractivity contribution < 1.29 is 39.5 Å². The van der Waals surface area contributed by atoms with Crippen LogP contribution in [0, 0.1) is 0 Å². The zero-order valence-corrected chi connectivity index (χ0v) is 14.1. The molecule has 0 spiro atoms. The van der Waals surface area contributed by atoms with Gasteiger partial charge in [-0.05, 0) is 13.8 Å². The van der Waals surface area contributed by atoms with Crippen molar-refractivity contribution in [2.75, 3.05) is 13.7 Å². The van der Waals surface area contributed by atoms with Crippen molar-refractivity contribution in [3.05, 3.63) is 0 Å². The van der Waals surface area contributed by atoms with Crippen LogP contribution in [-0.4, -0.2) is 88.2 Å². The number of likely N-dealkylation sites (N-methyl/N-ethyl adjacent to an activating group) is 1. The Bertz CT molecular complexity index is 460. The smallest absolute Gasteiger partial charge is 0.247 e. The van der Waals surface area contributed by atoms with Gasteiger partial charge in [-0.15, -0.1) is 0 Å². The third-order valence-corrected chi connectivity index (χ3v) is 4.13. The van der Waals surface area contributed by atoms with E-state index in [0.717, 1.165) is 0 Å². The summed E-state index contributed by atoms with van der Waals surface area (Å²) in [5, 5.41) is 43.6. The third kappa shape index (κ3) is 4.21. The molecule has 1 aliphatic heterocycles. The third-order valence-electron chi connectivity index (χ3n) is 4.13. The van der Waals surface area contributed by atoms with Crippen molar-refractivity contribution >= 4 is 11.8 Å². The maximum absolute atomic E-state index is 12.1. The second-order valence-electron chi connectivity index (χ2n) is 5.94. The average Bonchev–Trinajstić information content (AvgIpc) is 2.53. The highest BCUT2D eigenvalue weighted by molar-refractivity contribution is 5.91. The molecule has 1 saturated heterocycles. The molecule has 10 heteroatoms. The number of aliphatic hydroxyl groups is 4. The Morgan fingerprint density at radius 1 is 1.25 bits per heavy atom. The number of carbonyl (C=O) groups is 2. The molecule has 24 heavy (non-hydrogen) atoms. The van der Waals surface area contributed by atoms with Crippen LogP contribution in [0.1, 0.15) is 20.8 Å². The summed E-state index contributed by atoms with van der Waals surface area (Å²) in [7, 11) is 1.39. The molecule has 0 aromatic heterocycles. The van der Waals surface area contributed by atoms with E-state index in [-0.39, 0.29) is 0 Å². The van der Waals surface area contributed by atoms with Gasteiger partial charge in [-0.3, -0.25) is 9.59 Å². The predicted molar refractivity (Wildman–Crippen MR) is 80.6 cm³/mol. The predicted octanol–water partition coefficient (Wildman–Crippen LogP) is -3.17. The largest absolute Gasteiger partial charge is 0.394 e. The summed E-state index contributed by atoms with van der Waals surface area (Å²) in [6.07, 6.45) is -8.22. The number of nitrogens with one attached hydrogen (secondary N) is 2. The van der Waals surface area contributed by atoms with Crippen LogP contribution in [-0.2, 0) is 19.1 Å². The SMILES string of the molecule is CNC(=O)[C@](C)(NC(C)=O)[C@@H](C)O[C@@H]1O[C@H](CO)[C@@H](O)[C@H](O)[C@H]1O. The van der Waals surface area contributed by atoms with Crippen LogP contribution in [0.15, 0.2) is 0 Å². The summed E-state index contributed by atoms with van der Waals surface area (Å²) in [5.41, 5.74) is -1.47. The van der Waals surface area contributed by atoms with Crippen LogP contribution < -0.4 is 10.6 Å². The lowest BCUT2D eigenvalue weighted by atomic mass is 9.93. The van der Waals surface area contributed by atoms with E-state index in [2.05, 4.69) is 10.6 Å². The first-order chi connectivity index (χ1) is 11.1. The molecule has 10 nitrogen and oxygen atoms in total. The zero-order chi connectivity index (χ0) is 18.7. The first-order valence-electron chi connectivity index (χ1n) is 7.55. The van der Waals surface area contributed by atoms with Crippen LogP contribution in [0.5, 0.6) is 0 Å². The number of aliphatic hydroxyl groups excluding tert-OH is 4. The minimum Gasteiger partial charge on any atom is -0.394 e. The lowest BCUT2D eigenvalue weighted by molar-refractivity contribution is -0.313. The van der Waals surface area contributed by atoms with Crippen molar-refractivity contribution in [3.8, 4) is 0 Å². The summed E-state index contributed by atoms with van der Waals surface area (Å²) in [6.45, 7) is 3.55. The van der Waals surface area contributed by atoms with E-state index in [1.807, 2.05) is 0 Å². The maximum atomic E-state index is 12.1. The van der Waals surface area contributed by atoms with Gasteiger partial charge in [-0.1, -0.05) is 0 Å². The van der Waals surface area contributed by atoms with Gasteiger partial charge in [-0.25, -0.2) is 0 Å². The molecule has 0 saturated carbocycles. The van der Waals surface area contributed by atoms with Crippen LogP contribution in [0.3, 0.4) is 0 Å². The molecule has 2 amide bonds. The Hall–Kier alpha value is -1.30. The van der Waals surface area contributed by atoms with E-state index in [0.29, 0.717) is 0 Å². The normalized spacial score (nSPS) is 34.1. The minimum absolute atomic E-state index is 0.467. The highest BCUT2D eigenvalue weighted by atomic mass is 16.7. The summed E-state index contributed by atoms with van der Waals surface area (Å²) >= 11 is 0. The molecule has 0 unspecified atom stereocenters. The van der Waals surface area contributed by atoms with E-state index in [1.165, 1.54) is 27.8 Å². The van der Waals surface area contributed by atoms with Crippen LogP contribution in [0.4, 0.5) is 0 Å². The molecule has 140 valence electrons. The van der Waals surface area contributed by atoms with Crippen molar-refractivity contribution in [3.63, 3.8) is 0 Å². The van der Waals surface area contributed by atoms with E-state index in [1.54, 1.807) is 0 Å². The van der Waals surface area contributed by atoms with Gasteiger partial charge in [-0.2, -0.15) is 0 Å². The summed E-state index contributed by atoms with van der Waals surface area (Å²) in [6, 6.07) is 0. The fourth-order valence-corrected chi connectivity index (χ4v) is 2.49. The molecule has 1 rings (SSSR count). The van der Waals surface area contributed by atoms with Gasteiger partial charge >= 0.3 is 0 Å². The first kappa shape index (κ1) is 20.7. The van der Waals surface area contributed by atoms with E-state index in [4.69, 9.17) is 14.6 Å². The van der Waals surface area contributed by atoms with Gasteiger partial charge in [0.15, 0.2) is 6.29 Å². The lowest BCUT2D eigenvalue weighted by Crippen LogP contribution is -2.65. The first-order valence-corrected chi connectivity index (χ1v) is 7.55. The topological polar surface area (TPSA) is 158 Å². The number of hydrogen-bond donors (Lipinski definition) is 6. The molecule has 0 aromatic carbocycles. The molecular weight excluding hydrogens is 324 g/mol. The monoisotopic (exact) mass is 350 g/mol. The Labute approximate surface area is 139 Å². The molecule has 1 heterocycles. The summed E-state index contributed by atoms with van der Waals surface area (Å²) < 4.78 is 10.8. The molecule has 7 atom stereocenters. The van der Waals surface area contributed by atoms with Crippen molar-refractivity contribution in [1.82, 2.24) is 10.6 Å². The molecule has 1 aliphatic rings. The number of hydrogen-bond acceptors (Lipinski definition) is 8. The minimum atomic E-state index is -1.60. The molecule has 6 N–H and O–H groups in total. The second-order valence-corrected chi connectivity index (χ2v) is 5.94.